The molecule has 0 aromatic carbocycles. The minimum Gasteiger partial charge on any atom is -0.349 e. The molecular weight excluding hydrogens is 158 g/mol. The highest BCUT2D eigenvalue weighted by Gasteiger charge is 2.17. The molecule has 0 unspecified atom stereocenters. The molecule has 0 aliphatic heterocycles. The lowest BCUT2D eigenvalue weighted by Gasteiger charge is -2.07. The van der Waals surface area contributed by atoms with Crippen molar-refractivity contribution in [2.45, 2.75) is 30.8 Å². The summed E-state index contributed by atoms with van der Waals surface area (Å²) < 4.78 is 5.18. The molecular formula is C8H11NOS. The molecule has 0 saturated carbocycles. The lowest BCUT2D eigenvalue weighted by Crippen LogP contribution is -2.00. The van der Waals surface area contributed by atoms with Gasteiger partial charge in [-0.2, -0.15) is 0 Å². The lowest BCUT2D eigenvalue weighted by atomic mass is 9.99. The fourth-order valence-electron chi connectivity index (χ4n) is 1.52. The Bertz CT molecular complexity index is 243. The van der Waals surface area contributed by atoms with Crippen LogP contribution in [0.4, 0.5) is 0 Å². The average Bonchev–Trinajstić information content (AvgIpc) is 2.47. The van der Waals surface area contributed by atoms with E-state index >= 15 is 0 Å². The first-order chi connectivity index (χ1) is 5.42. The van der Waals surface area contributed by atoms with Crippen molar-refractivity contribution in [2.75, 3.05) is 6.26 Å². The Labute approximate surface area is 70.3 Å². The average molecular weight is 169 g/mol. The second kappa shape index (κ2) is 2.89. The van der Waals surface area contributed by atoms with Gasteiger partial charge in [-0.05, 0) is 31.9 Å². The monoisotopic (exact) mass is 169 g/mol. The van der Waals surface area contributed by atoms with Crippen molar-refractivity contribution in [3.63, 3.8) is 0 Å². The van der Waals surface area contributed by atoms with Crippen molar-refractivity contribution in [1.82, 2.24) is 5.16 Å². The van der Waals surface area contributed by atoms with Crippen molar-refractivity contribution in [1.29, 1.82) is 0 Å². The normalized spacial score (nSPS) is 16.5. The van der Waals surface area contributed by atoms with E-state index in [9.17, 15) is 0 Å². The first-order valence-corrected chi connectivity index (χ1v) is 5.15. The molecule has 0 atom stereocenters. The molecule has 1 aromatic rings. The fourth-order valence-corrected chi connectivity index (χ4v) is 2.10. The van der Waals surface area contributed by atoms with Crippen LogP contribution < -0.4 is 0 Å². The van der Waals surface area contributed by atoms with Crippen LogP contribution in [0.15, 0.2) is 9.62 Å². The zero-order chi connectivity index (χ0) is 7.68. The van der Waals surface area contributed by atoms with E-state index in [4.69, 9.17) is 4.52 Å². The Kier molecular flexibility index (Phi) is 1.90. The molecule has 0 spiro atoms. The highest BCUT2D eigenvalue weighted by molar-refractivity contribution is 7.98. The van der Waals surface area contributed by atoms with E-state index in [1.54, 1.807) is 11.8 Å². The molecule has 2 nitrogen and oxygen atoms in total. The summed E-state index contributed by atoms with van der Waals surface area (Å²) in [6.07, 6.45) is 6.87. The maximum absolute atomic E-state index is 5.18. The molecule has 2 rings (SSSR count). The minimum atomic E-state index is 1.03. The number of thioether (sulfide) groups is 1. The molecule has 0 N–H and O–H groups in total. The van der Waals surface area contributed by atoms with Gasteiger partial charge in [-0.15, -0.1) is 0 Å². The predicted molar refractivity (Wildman–Crippen MR) is 44.9 cm³/mol. The van der Waals surface area contributed by atoms with Gasteiger partial charge >= 0.3 is 0 Å². The quantitative estimate of drug-likeness (QED) is 0.603. The number of hydrogen-bond donors (Lipinski definition) is 0. The Balaban J connectivity index is 2.38. The number of hydrogen-bond acceptors (Lipinski definition) is 3. The van der Waals surface area contributed by atoms with E-state index in [-0.39, 0.29) is 0 Å². The molecule has 11 heavy (non-hydrogen) atoms. The van der Waals surface area contributed by atoms with Crippen LogP contribution in [-0.4, -0.2) is 11.4 Å². The number of rotatable bonds is 1. The summed E-state index contributed by atoms with van der Waals surface area (Å²) in [6.45, 7) is 0. The maximum atomic E-state index is 5.18. The second-order valence-corrected chi connectivity index (χ2v) is 3.59. The third-order valence-electron chi connectivity index (χ3n) is 2.11. The summed E-state index contributed by atoms with van der Waals surface area (Å²) in [6, 6.07) is 0. The van der Waals surface area contributed by atoms with Crippen molar-refractivity contribution < 1.29 is 4.52 Å². The number of fused-ring (bicyclic) bond motifs is 1. The molecule has 1 aromatic heterocycles. The van der Waals surface area contributed by atoms with Gasteiger partial charge in [0.05, 0.1) is 5.69 Å². The molecule has 60 valence electrons. The summed E-state index contributed by atoms with van der Waals surface area (Å²) in [5.74, 6) is 0. The second-order valence-electron chi connectivity index (χ2n) is 2.81. The van der Waals surface area contributed by atoms with Crippen molar-refractivity contribution in [3.8, 4) is 0 Å². The van der Waals surface area contributed by atoms with E-state index in [1.807, 2.05) is 6.26 Å². The zero-order valence-corrected chi connectivity index (χ0v) is 7.41. The van der Waals surface area contributed by atoms with E-state index in [2.05, 4.69) is 5.16 Å². The van der Waals surface area contributed by atoms with Gasteiger partial charge in [-0.3, -0.25) is 0 Å². The third kappa shape index (κ3) is 1.18. The summed E-state index contributed by atoms with van der Waals surface area (Å²) >= 11 is 1.66. The Hall–Kier alpha value is -0.440. The molecule has 0 bridgehead atoms. The van der Waals surface area contributed by atoms with Crippen molar-refractivity contribution >= 4 is 11.8 Å². The summed E-state index contributed by atoms with van der Waals surface area (Å²) in [7, 11) is 0. The van der Waals surface area contributed by atoms with Crippen LogP contribution in [0, 0.1) is 0 Å². The predicted octanol–water partition coefficient (Wildman–Crippen LogP) is 2.28. The molecule has 1 heterocycles. The molecule has 0 saturated heterocycles. The smallest absolute Gasteiger partial charge is 0.196 e. The maximum Gasteiger partial charge on any atom is 0.196 e. The van der Waals surface area contributed by atoms with Crippen LogP contribution in [0.5, 0.6) is 0 Å². The van der Waals surface area contributed by atoms with Gasteiger partial charge in [0.25, 0.3) is 0 Å². The first kappa shape index (κ1) is 7.22. The lowest BCUT2D eigenvalue weighted by molar-refractivity contribution is 0.344. The largest absolute Gasteiger partial charge is 0.349 e. The molecule has 0 radical (unpaired) electrons. The van der Waals surface area contributed by atoms with E-state index in [0.717, 1.165) is 17.9 Å². The Morgan fingerprint density at radius 3 is 3.00 bits per heavy atom. The molecule has 1 aliphatic rings. The van der Waals surface area contributed by atoms with Crippen LogP contribution >= 0.6 is 11.8 Å². The highest BCUT2D eigenvalue weighted by atomic mass is 32.2. The number of aryl methyl sites for hydroxylation is 1. The van der Waals surface area contributed by atoms with Gasteiger partial charge in [-0.1, -0.05) is 16.9 Å². The summed E-state index contributed by atoms with van der Waals surface area (Å²) in [4.78, 5) is 0. The number of aromatic nitrogens is 1. The van der Waals surface area contributed by atoms with Gasteiger partial charge < -0.3 is 4.52 Å². The van der Waals surface area contributed by atoms with Crippen LogP contribution in [-0.2, 0) is 12.8 Å². The van der Waals surface area contributed by atoms with Crippen molar-refractivity contribution in [2.24, 2.45) is 0 Å². The fraction of sp³-hybridized carbons (Fsp3) is 0.625. The van der Waals surface area contributed by atoms with Crippen molar-refractivity contribution in [3.05, 3.63) is 11.3 Å². The van der Waals surface area contributed by atoms with Crippen LogP contribution in [0.3, 0.4) is 0 Å². The van der Waals surface area contributed by atoms with Gasteiger partial charge in [-0.25, -0.2) is 0 Å². The van der Waals surface area contributed by atoms with E-state index < -0.39 is 0 Å². The third-order valence-corrected chi connectivity index (χ3v) is 2.80. The molecule has 0 fully saturated rings. The molecule has 1 aliphatic carbocycles. The molecule has 3 heteroatoms. The van der Waals surface area contributed by atoms with Crippen LogP contribution in [0.1, 0.15) is 24.1 Å². The molecule has 0 amide bonds. The Morgan fingerprint density at radius 2 is 2.18 bits per heavy atom. The van der Waals surface area contributed by atoms with E-state index in [1.165, 1.54) is 24.1 Å². The van der Waals surface area contributed by atoms with Gasteiger partial charge in [0.2, 0.25) is 0 Å². The zero-order valence-electron chi connectivity index (χ0n) is 6.59. The summed E-state index contributed by atoms with van der Waals surface area (Å²) in [5, 5.41) is 5.06. The Morgan fingerprint density at radius 1 is 1.36 bits per heavy atom. The van der Waals surface area contributed by atoms with Gasteiger partial charge in [0, 0.05) is 5.56 Å². The minimum absolute atomic E-state index is 1.03. The highest BCUT2D eigenvalue weighted by Crippen LogP contribution is 2.29. The van der Waals surface area contributed by atoms with Gasteiger partial charge in [0.15, 0.2) is 5.09 Å². The number of nitrogens with zero attached hydrogens (tertiary/aromatic N) is 1. The van der Waals surface area contributed by atoms with Crippen LogP contribution in [0.25, 0.3) is 0 Å². The first-order valence-electron chi connectivity index (χ1n) is 3.93. The van der Waals surface area contributed by atoms with E-state index in [0.29, 0.717) is 0 Å². The topological polar surface area (TPSA) is 26.0 Å². The standard InChI is InChI=1S/C8H11NOS/c1-11-8-6-4-2-3-5-7(6)9-10-8/h2-5H2,1H3. The summed E-state index contributed by atoms with van der Waals surface area (Å²) in [5.41, 5.74) is 2.56. The van der Waals surface area contributed by atoms with Crippen LogP contribution in [0.2, 0.25) is 0 Å². The van der Waals surface area contributed by atoms with Gasteiger partial charge in [0.1, 0.15) is 0 Å². The SMILES string of the molecule is CSc1onc2c1CCCC2.